The van der Waals surface area contributed by atoms with Crippen molar-refractivity contribution in [3.05, 3.63) is 29.8 Å². The van der Waals surface area contributed by atoms with Crippen LogP contribution in [0.3, 0.4) is 0 Å². The number of rotatable bonds is 6. The van der Waals surface area contributed by atoms with E-state index in [1.54, 1.807) is 32.9 Å². The van der Waals surface area contributed by atoms with Crippen LogP contribution in [0.4, 0.5) is 0 Å². The minimum atomic E-state index is -0.702. The van der Waals surface area contributed by atoms with Gasteiger partial charge in [-0.2, -0.15) is 0 Å². The van der Waals surface area contributed by atoms with Crippen molar-refractivity contribution in [2.75, 3.05) is 6.61 Å². The first-order valence-corrected chi connectivity index (χ1v) is 6.07. The molecule has 19 heavy (non-hydrogen) atoms. The number of nitrogens with one attached hydrogen (secondary N) is 1. The third kappa shape index (κ3) is 4.71. The van der Waals surface area contributed by atoms with Crippen molar-refractivity contribution in [1.82, 2.24) is 5.43 Å². The number of ether oxygens (including phenoxy) is 1. The molecule has 0 aliphatic carbocycles. The minimum absolute atomic E-state index is 0.120. The molecule has 1 aromatic carbocycles. The summed E-state index contributed by atoms with van der Waals surface area (Å²) < 4.78 is 5.55. The van der Waals surface area contributed by atoms with Crippen LogP contribution in [0.2, 0.25) is 0 Å². The molecular weight excluding hydrogens is 244 g/mol. The summed E-state index contributed by atoms with van der Waals surface area (Å²) in [6.07, 6.45) is 0.418. The Morgan fingerprint density at radius 3 is 2.32 bits per heavy atom. The summed E-state index contributed by atoms with van der Waals surface area (Å²) in [5, 5.41) is 0. The molecule has 5 nitrogen and oxygen atoms in total. The molecule has 1 rings (SSSR count). The highest BCUT2D eigenvalue weighted by Gasteiger charge is 2.27. The monoisotopic (exact) mass is 264 g/mol. The van der Waals surface area contributed by atoms with Crippen LogP contribution >= 0.6 is 0 Å². The normalized spacial score (nSPS) is 10.9. The highest BCUT2D eigenvalue weighted by molar-refractivity contribution is 5.81. The highest BCUT2D eigenvalue weighted by Crippen LogP contribution is 2.19. The van der Waals surface area contributed by atoms with Gasteiger partial charge in [0.2, 0.25) is 5.91 Å². The first kappa shape index (κ1) is 15.2. The molecule has 0 aliphatic rings. The average molecular weight is 264 g/mol. The van der Waals surface area contributed by atoms with Crippen LogP contribution in [-0.2, 0) is 16.0 Å². The highest BCUT2D eigenvalue weighted by atomic mass is 16.5. The fraction of sp³-hybridized carbons (Fsp3) is 0.429. The predicted molar refractivity (Wildman–Crippen MR) is 72.4 cm³/mol. The Balaban J connectivity index is 2.59. The van der Waals surface area contributed by atoms with Gasteiger partial charge in [0.15, 0.2) is 0 Å². The number of carbonyl (C=O) groups excluding carboxylic acids is 2. The lowest BCUT2D eigenvalue weighted by Crippen LogP contribution is -2.44. The third-order valence-electron chi connectivity index (χ3n) is 2.72. The fourth-order valence-electron chi connectivity index (χ4n) is 1.52. The van der Waals surface area contributed by atoms with Crippen LogP contribution in [0.25, 0.3) is 0 Å². The second-order valence-electron chi connectivity index (χ2n) is 5.17. The number of amides is 1. The summed E-state index contributed by atoms with van der Waals surface area (Å²) in [5.74, 6) is 5.61. The molecule has 0 fully saturated rings. The van der Waals surface area contributed by atoms with Gasteiger partial charge in [-0.25, -0.2) is 5.84 Å². The topological polar surface area (TPSA) is 81.4 Å². The maximum absolute atomic E-state index is 11.5. The summed E-state index contributed by atoms with van der Waals surface area (Å²) in [6.45, 7) is 5.28. The van der Waals surface area contributed by atoms with Crippen molar-refractivity contribution in [3.8, 4) is 5.75 Å². The molecule has 3 N–H and O–H groups in total. The summed E-state index contributed by atoms with van der Waals surface area (Å²) in [5.41, 5.74) is 2.36. The van der Waals surface area contributed by atoms with Gasteiger partial charge in [0.05, 0.1) is 5.41 Å². The molecule has 0 aromatic heterocycles. The van der Waals surface area contributed by atoms with Crippen molar-refractivity contribution in [2.24, 2.45) is 11.3 Å². The summed E-state index contributed by atoms with van der Waals surface area (Å²) in [7, 11) is 0. The van der Waals surface area contributed by atoms with E-state index in [4.69, 9.17) is 10.6 Å². The second kappa shape index (κ2) is 6.33. The van der Waals surface area contributed by atoms with Crippen molar-refractivity contribution < 1.29 is 14.3 Å². The van der Waals surface area contributed by atoms with Crippen LogP contribution in [-0.4, -0.2) is 18.3 Å². The lowest BCUT2D eigenvalue weighted by molar-refractivity contribution is -0.130. The van der Waals surface area contributed by atoms with E-state index in [9.17, 15) is 9.59 Å². The van der Waals surface area contributed by atoms with Crippen molar-refractivity contribution >= 4 is 11.7 Å². The molecule has 0 saturated carbocycles. The van der Waals surface area contributed by atoms with E-state index in [1.807, 2.05) is 12.1 Å². The van der Waals surface area contributed by atoms with Gasteiger partial charge in [-0.3, -0.25) is 15.0 Å². The Hall–Kier alpha value is -1.88. The van der Waals surface area contributed by atoms with Gasteiger partial charge in [0.25, 0.3) is 0 Å². The third-order valence-corrected chi connectivity index (χ3v) is 2.72. The molecule has 1 amide bonds. The zero-order chi connectivity index (χ0) is 14.5. The minimum Gasteiger partial charge on any atom is -0.492 e. The predicted octanol–water partition coefficient (Wildman–Crippen LogP) is 1.21. The maximum atomic E-state index is 11.5. The summed E-state index contributed by atoms with van der Waals surface area (Å²) in [4.78, 5) is 22.5. The van der Waals surface area contributed by atoms with Gasteiger partial charge >= 0.3 is 0 Å². The Morgan fingerprint density at radius 1 is 1.26 bits per heavy atom. The molecule has 0 aliphatic heterocycles. The van der Waals surface area contributed by atoms with E-state index in [1.165, 1.54) is 0 Å². The zero-order valence-corrected chi connectivity index (χ0v) is 11.5. The lowest BCUT2D eigenvalue weighted by Gasteiger charge is -2.22. The molecule has 1 aromatic rings. The van der Waals surface area contributed by atoms with E-state index in [0.717, 1.165) is 5.56 Å². The van der Waals surface area contributed by atoms with Gasteiger partial charge < -0.3 is 4.74 Å². The molecule has 0 atom stereocenters. The van der Waals surface area contributed by atoms with Crippen LogP contribution in [0, 0.1) is 5.41 Å². The molecule has 0 heterocycles. The van der Waals surface area contributed by atoms with Crippen molar-refractivity contribution in [1.29, 1.82) is 0 Å². The van der Waals surface area contributed by atoms with Gasteiger partial charge in [-0.1, -0.05) is 12.1 Å². The number of Topliss-reactive ketones (excluding diaryl/α,β-unsaturated/α-hetero) is 1. The second-order valence-corrected chi connectivity index (χ2v) is 5.17. The number of benzene rings is 1. The zero-order valence-electron chi connectivity index (χ0n) is 11.5. The number of nitrogens with two attached hydrogens (primary N) is 1. The maximum Gasteiger partial charge on any atom is 0.242 e. The van der Waals surface area contributed by atoms with E-state index in [2.05, 4.69) is 5.43 Å². The number of hydrazine groups is 1. The Morgan fingerprint density at radius 2 is 1.84 bits per heavy atom. The first-order chi connectivity index (χ1) is 8.85. The smallest absolute Gasteiger partial charge is 0.242 e. The van der Waals surface area contributed by atoms with Gasteiger partial charge in [0.1, 0.15) is 18.1 Å². The van der Waals surface area contributed by atoms with Gasteiger partial charge in [-0.15, -0.1) is 0 Å². The summed E-state index contributed by atoms with van der Waals surface area (Å²) in [6, 6.07) is 7.25. The largest absolute Gasteiger partial charge is 0.492 e. The van der Waals surface area contributed by atoms with E-state index in [0.29, 0.717) is 12.2 Å². The van der Waals surface area contributed by atoms with Crippen molar-refractivity contribution in [2.45, 2.75) is 27.2 Å². The fourth-order valence-corrected chi connectivity index (χ4v) is 1.52. The standard InChI is InChI=1S/C14H20N2O3/c1-10(17)8-11-4-6-12(7-5-11)19-9-14(2,3)13(18)16-15/h4-7H,8-9,15H2,1-3H3,(H,16,18). The SMILES string of the molecule is CC(=O)Cc1ccc(OCC(C)(C)C(=O)NN)cc1. The van der Waals surface area contributed by atoms with Crippen LogP contribution in [0.5, 0.6) is 5.75 Å². The molecular formula is C14H20N2O3. The lowest BCUT2D eigenvalue weighted by atomic mass is 9.94. The molecule has 0 saturated heterocycles. The average Bonchev–Trinajstić information content (AvgIpc) is 2.36. The van der Waals surface area contributed by atoms with E-state index < -0.39 is 5.41 Å². The molecule has 0 spiro atoms. The first-order valence-electron chi connectivity index (χ1n) is 6.07. The molecule has 5 heteroatoms. The summed E-state index contributed by atoms with van der Waals surface area (Å²) >= 11 is 0. The molecule has 0 bridgehead atoms. The molecule has 0 unspecified atom stereocenters. The quantitative estimate of drug-likeness (QED) is 0.460. The van der Waals surface area contributed by atoms with Crippen LogP contribution in [0.1, 0.15) is 26.3 Å². The van der Waals surface area contributed by atoms with E-state index in [-0.39, 0.29) is 18.3 Å². The van der Waals surface area contributed by atoms with Crippen LogP contribution < -0.4 is 16.0 Å². The Labute approximate surface area is 113 Å². The van der Waals surface area contributed by atoms with E-state index >= 15 is 0 Å². The number of hydrogen-bond donors (Lipinski definition) is 2. The number of hydrogen-bond acceptors (Lipinski definition) is 4. The van der Waals surface area contributed by atoms with Gasteiger partial charge in [-0.05, 0) is 38.5 Å². The Bertz CT molecular complexity index is 452. The number of carbonyl (C=O) groups is 2. The van der Waals surface area contributed by atoms with Crippen molar-refractivity contribution in [3.63, 3.8) is 0 Å². The van der Waals surface area contributed by atoms with Crippen LogP contribution in [0.15, 0.2) is 24.3 Å². The number of ketones is 1. The Kier molecular flexibility index (Phi) is 5.06. The van der Waals surface area contributed by atoms with Gasteiger partial charge in [0, 0.05) is 6.42 Å². The molecule has 0 radical (unpaired) electrons. The molecule has 104 valence electrons.